The SMILES string of the molecule is CN(C)CCNc1cc(/C=C/c2ccc(N(C)C)cc2)nc2ccc(Cl)cc12. The van der Waals surface area contributed by atoms with E-state index in [1.807, 2.05) is 32.3 Å². The van der Waals surface area contributed by atoms with E-state index in [-0.39, 0.29) is 0 Å². The Morgan fingerprint density at radius 3 is 2.39 bits per heavy atom. The van der Waals surface area contributed by atoms with Gasteiger partial charge in [-0.1, -0.05) is 29.8 Å². The van der Waals surface area contributed by atoms with E-state index in [4.69, 9.17) is 16.6 Å². The molecule has 28 heavy (non-hydrogen) atoms. The number of aromatic nitrogens is 1. The first-order chi connectivity index (χ1) is 13.4. The molecule has 0 amide bonds. The number of halogens is 1. The van der Waals surface area contributed by atoms with Crippen molar-refractivity contribution in [3.05, 3.63) is 64.8 Å². The van der Waals surface area contributed by atoms with Crippen LogP contribution < -0.4 is 10.2 Å². The molecule has 3 aromatic rings. The molecule has 0 aliphatic carbocycles. The summed E-state index contributed by atoms with van der Waals surface area (Å²) < 4.78 is 0. The van der Waals surface area contributed by atoms with Gasteiger partial charge in [0.15, 0.2) is 0 Å². The summed E-state index contributed by atoms with van der Waals surface area (Å²) in [4.78, 5) is 9.02. The third-order valence-electron chi connectivity index (χ3n) is 4.52. The van der Waals surface area contributed by atoms with Gasteiger partial charge in [0.1, 0.15) is 0 Å². The fourth-order valence-corrected chi connectivity index (χ4v) is 3.10. The van der Waals surface area contributed by atoms with Gasteiger partial charge in [-0.2, -0.15) is 0 Å². The van der Waals surface area contributed by atoms with Crippen molar-refractivity contribution in [2.75, 3.05) is 51.5 Å². The molecule has 0 atom stereocenters. The predicted molar refractivity (Wildman–Crippen MR) is 123 cm³/mol. The molecule has 0 spiro atoms. The van der Waals surface area contributed by atoms with Crippen molar-refractivity contribution in [3.8, 4) is 0 Å². The van der Waals surface area contributed by atoms with Crippen LogP contribution in [-0.2, 0) is 0 Å². The zero-order chi connectivity index (χ0) is 20.1. The first-order valence-electron chi connectivity index (χ1n) is 9.37. The molecule has 5 heteroatoms. The monoisotopic (exact) mass is 394 g/mol. The number of hydrogen-bond acceptors (Lipinski definition) is 4. The molecule has 0 unspecified atom stereocenters. The Hall–Kier alpha value is -2.56. The summed E-state index contributed by atoms with van der Waals surface area (Å²) in [6.07, 6.45) is 4.14. The van der Waals surface area contributed by atoms with Crippen LogP contribution >= 0.6 is 11.6 Å². The quantitative estimate of drug-likeness (QED) is 0.604. The summed E-state index contributed by atoms with van der Waals surface area (Å²) in [5.74, 6) is 0. The lowest BCUT2D eigenvalue weighted by atomic mass is 10.1. The maximum atomic E-state index is 6.21. The van der Waals surface area contributed by atoms with Crippen LogP contribution in [0.5, 0.6) is 0 Å². The number of nitrogens with zero attached hydrogens (tertiary/aromatic N) is 3. The molecular weight excluding hydrogens is 368 g/mol. The number of likely N-dealkylation sites (N-methyl/N-ethyl adjacent to an activating group) is 1. The van der Waals surface area contributed by atoms with Gasteiger partial charge in [-0.05, 0) is 62.1 Å². The second kappa shape index (κ2) is 9.09. The lowest BCUT2D eigenvalue weighted by Gasteiger charge is -2.14. The van der Waals surface area contributed by atoms with Crippen LogP contribution in [-0.4, -0.2) is 51.2 Å². The standard InChI is InChI=1S/C23H27ClN4/c1-27(2)14-13-25-23-16-19(26-22-12-8-18(24)15-21(22)23)9-5-17-6-10-20(11-7-17)28(3)4/h5-12,15-16H,13-14H2,1-4H3,(H,25,26)/b9-5+. The third-order valence-corrected chi connectivity index (χ3v) is 4.76. The van der Waals surface area contributed by atoms with Crippen molar-refractivity contribution in [2.24, 2.45) is 0 Å². The first kappa shape index (κ1) is 20.2. The fourth-order valence-electron chi connectivity index (χ4n) is 2.93. The van der Waals surface area contributed by atoms with Gasteiger partial charge in [-0.3, -0.25) is 0 Å². The third kappa shape index (κ3) is 5.24. The van der Waals surface area contributed by atoms with E-state index in [2.05, 4.69) is 71.7 Å². The molecule has 3 rings (SSSR count). The number of rotatable bonds is 7. The van der Waals surface area contributed by atoms with Gasteiger partial charge >= 0.3 is 0 Å². The first-order valence-corrected chi connectivity index (χ1v) is 9.74. The number of pyridine rings is 1. The number of fused-ring (bicyclic) bond motifs is 1. The highest BCUT2D eigenvalue weighted by Crippen LogP contribution is 2.27. The molecule has 0 saturated carbocycles. The lowest BCUT2D eigenvalue weighted by Crippen LogP contribution is -2.20. The Bertz CT molecular complexity index is 962. The van der Waals surface area contributed by atoms with Crippen molar-refractivity contribution in [3.63, 3.8) is 0 Å². The van der Waals surface area contributed by atoms with Gasteiger partial charge in [0.25, 0.3) is 0 Å². The minimum Gasteiger partial charge on any atom is -0.383 e. The van der Waals surface area contributed by atoms with Crippen LogP contribution in [0.1, 0.15) is 11.3 Å². The average Bonchev–Trinajstić information content (AvgIpc) is 2.66. The minimum absolute atomic E-state index is 0.717. The Kier molecular flexibility index (Phi) is 6.55. The number of anilines is 2. The molecule has 0 aliphatic heterocycles. The maximum absolute atomic E-state index is 6.21. The highest BCUT2D eigenvalue weighted by molar-refractivity contribution is 6.31. The van der Waals surface area contributed by atoms with Gasteiger partial charge < -0.3 is 15.1 Å². The van der Waals surface area contributed by atoms with E-state index in [9.17, 15) is 0 Å². The zero-order valence-corrected chi connectivity index (χ0v) is 17.7. The maximum Gasteiger partial charge on any atom is 0.0731 e. The summed E-state index contributed by atoms with van der Waals surface area (Å²) in [7, 11) is 8.22. The minimum atomic E-state index is 0.717. The van der Waals surface area contributed by atoms with Crippen molar-refractivity contribution in [1.82, 2.24) is 9.88 Å². The lowest BCUT2D eigenvalue weighted by molar-refractivity contribution is 0.425. The van der Waals surface area contributed by atoms with Crippen LogP contribution in [0.15, 0.2) is 48.5 Å². The number of benzene rings is 2. The van der Waals surface area contributed by atoms with Crippen LogP contribution in [0.2, 0.25) is 5.02 Å². The highest BCUT2D eigenvalue weighted by Gasteiger charge is 2.06. The molecular formula is C23H27ClN4. The summed E-state index contributed by atoms with van der Waals surface area (Å²) in [6.45, 7) is 1.81. The van der Waals surface area contributed by atoms with E-state index in [1.165, 1.54) is 5.69 Å². The summed E-state index contributed by atoms with van der Waals surface area (Å²) >= 11 is 6.21. The molecule has 1 heterocycles. The largest absolute Gasteiger partial charge is 0.383 e. The van der Waals surface area contributed by atoms with Gasteiger partial charge in [0, 0.05) is 49.0 Å². The Balaban J connectivity index is 1.88. The molecule has 1 N–H and O–H groups in total. The average molecular weight is 395 g/mol. The molecule has 146 valence electrons. The van der Waals surface area contributed by atoms with E-state index < -0.39 is 0 Å². The van der Waals surface area contributed by atoms with Gasteiger partial charge in [-0.25, -0.2) is 4.98 Å². The Morgan fingerprint density at radius 1 is 0.964 bits per heavy atom. The van der Waals surface area contributed by atoms with Crippen molar-refractivity contribution in [1.29, 1.82) is 0 Å². The molecule has 1 aromatic heterocycles. The van der Waals surface area contributed by atoms with Crippen LogP contribution in [0.25, 0.3) is 23.1 Å². The normalized spacial score (nSPS) is 11.5. The molecule has 2 aromatic carbocycles. The van der Waals surface area contributed by atoms with E-state index in [0.29, 0.717) is 5.02 Å². The molecule has 0 fully saturated rings. The summed E-state index contributed by atoms with van der Waals surface area (Å²) in [5, 5.41) is 5.28. The van der Waals surface area contributed by atoms with Gasteiger partial charge in [0.2, 0.25) is 0 Å². The summed E-state index contributed by atoms with van der Waals surface area (Å²) in [6, 6.07) is 16.4. The smallest absolute Gasteiger partial charge is 0.0731 e. The summed E-state index contributed by atoms with van der Waals surface area (Å²) in [5.41, 5.74) is 5.23. The van der Waals surface area contributed by atoms with Crippen LogP contribution in [0.3, 0.4) is 0 Å². The highest BCUT2D eigenvalue weighted by atomic mass is 35.5. The molecule has 0 bridgehead atoms. The number of hydrogen-bond donors (Lipinski definition) is 1. The molecule has 0 radical (unpaired) electrons. The van der Waals surface area contributed by atoms with Crippen molar-refractivity contribution >= 4 is 46.0 Å². The molecule has 0 aliphatic rings. The topological polar surface area (TPSA) is 31.4 Å². The van der Waals surface area contributed by atoms with Crippen molar-refractivity contribution < 1.29 is 0 Å². The van der Waals surface area contributed by atoms with E-state index >= 15 is 0 Å². The fraction of sp³-hybridized carbons (Fsp3) is 0.261. The van der Waals surface area contributed by atoms with Crippen LogP contribution in [0, 0.1) is 0 Å². The van der Waals surface area contributed by atoms with Gasteiger partial charge in [-0.15, -0.1) is 0 Å². The van der Waals surface area contributed by atoms with Gasteiger partial charge in [0.05, 0.1) is 11.2 Å². The number of nitrogens with one attached hydrogen (secondary N) is 1. The zero-order valence-electron chi connectivity index (χ0n) is 16.9. The Labute approximate surface area is 172 Å². The Morgan fingerprint density at radius 2 is 1.71 bits per heavy atom. The predicted octanol–water partition coefficient (Wildman–Crippen LogP) is 5.10. The van der Waals surface area contributed by atoms with E-state index in [0.717, 1.165) is 40.9 Å². The second-order valence-corrected chi connectivity index (χ2v) is 7.74. The van der Waals surface area contributed by atoms with E-state index in [1.54, 1.807) is 0 Å². The molecule has 4 nitrogen and oxygen atoms in total. The second-order valence-electron chi connectivity index (χ2n) is 7.31. The molecule has 0 saturated heterocycles. The van der Waals surface area contributed by atoms with Crippen LogP contribution in [0.4, 0.5) is 11.4 Å². The van der Waals surface area contributed by atoms with Crippen molar-refractivity contribution in [2.45, 2.75) is 0 Å².